The molecule has 0 fully saturated rings. The molecule has 1 aromatic carbocycles. The number of sulfonamides is 1. The second-order valence-electron chi connectivity index (χ2n) is 4.10. The zero-order chi connectivity index (χ0) is 13.9. The van der Waals surface area contributed by atoms with Crippen molar-refractivity contribution in [3.05, 3.63) is 58.9 Å². The Hall–Kier alpha value is -1.43. The molecule has 0 aliphatic rings. The molecule has 0 bridgehead atoms. The summed E-state index contributed by atoms with van der Waals surface area (Å²) in [6, 6.07) is 8.18. The lowest BCUT2D eigenvalue weighted by molar-refractivity contribution is 0.581. The van der Waals surface area contributed by atoms with Crippen LogP contribution in [0.2, 0.25) is 5.02 Å². The van der Waals surface area contributed by atoms with Crippen LogP contribution in [-0.4, -0.2) is 13.4 Å². The van der Waals surface area contributed by atoms with Crippen molar-refractivity contribution in [2.24, 2.45) is 0 Å². The van der Waals surface area contributed by atoms with Crippen molar-refractivity contribution in [1.29, 1.82) is 0 Å². The Morgan fingerprint density at radius 2 is 2.11 bits per heavy atom. The van der Waals surface area contributed by atoms with E-state index in [1.807, 2.05) is 6.07 Å². The van der Waals surface area contributed by atoms with Crippen molar-refractivity contribution in [2.45, 2.75) is 18.4 Å². The Kier molecular flexibility index (Phi) is 4.19. The zero-order valence-electron chi connectivity index (χ0n) is 10.3. The number of hydrogen-bond acceptors (Lipinski definition) is 3. The topological polar surface area (TPSA) is 59.1 Å². The molecule has 0 unspecified atom stereocenters. The van der Waals surface area contributed by atoms with E-state index in [4.69, 9.17) is 11.6 Å². The van der Waals surface area contributed by atoms with E-state index < -0.39 is 10.0 Å². The van der Waals surface area contributed by atoms with Gasteiger partial charge in [0.05, 0.1) is 4.90 Å². The van der Waals surface area contributed by atoms with Crippen molar-refractivity contribution < 1.29 is 8.42 Å². The molecule has 1 N–H and O–H groups in total. The minimum Gasteiger partial charge on any atom is -0.264 e. The fraction of sp³-hybridized carbons (Fsp3) is 0.154. The minimum atomic E-state index is -3.53. The quantitative estimate of drug-likeness (QED) is 0.943. The van der Waals surface area contributed by atoms with Crippen LogP contribution < -0.4 is 4.72 Å². The van der Waals surface area contributed by atoms with Crippen LogP contribution in [0.1, 0.15) is 11.1 Å². The summed E-state index contributed by atoms with van der Waals surface area (Å²) in [5.74, 6) is 0. The maximum atomic E-state index is 12.1. The number of rotatable bonds is 4. The summed E-state index contributed by atoms with van der Waals surface area (Å²) >= 11 is 5.88. The normalized spacial score (nSPS) is 11.5. The second kappa shape index (κ2) is 5.69. The van der Waals surface area contributed by atoms with Gasteiger partial charge >= 0.3 is 0 Å². The molecule has 2 aromatic rings. The van der Waals surface area contributed by atoms with Gasteiger partial charge in [0.15, 0.2) is 0 Å². The van der Waals surface area contributed by atoms with Gasteiger partial charge in [-0.05, 0) is 42.3 Å². The van der Waals surface area contributed by atoms with Crippen molar-refractivity contribution in [3.63, 3.8) is 0 Å². The van der Waals surface area contributed by atoms with E-state index in [0.717, 1.165) is 11.1 Å². The molecule has 1 heterocycles. The molecular formula is C13H13ClN2O2S. The Balaban J connectivity index is 2.16. The van der Waals surface area contributed by atoms with Crippen LogP contribution in [0.25, 0.3) is 0 Å². The molecule has 0 saturated heterocycles. The highest BCUT2D eigenvalue weighted by atomic mass is 35.5. The number of halogens is 1. The summed E-state index contributed by atoms with van der Waals surface area (Å²) in [7, 11) is -3.53. The number of aryl methyl sites for hydroxylation is 1. The number of nitrogens with one attached hydrogen (secondary N) is 1. The third kappa shape index (κ3) is 3.53. The molecule has 100 valence electrons. The van der Waals surface area contributed by atoms with Gasteiger partial charge in [0, 0.05) is 24.0 Å². The van der Waals surface area contributed by atoms with Gasteiger partial charge in [-0.2, -0.15) is 0 Å². The molecule has 2 rings (SSSR count). The van der Waals surface area contributed by atoms with Gasteiger partial charge in [0.1, 0.15) is 0 Å². The predicted molar refractivity (Wildman–Crippen MR) is 74.5 cm³/mol. The van der Waals surface area contributed by atoms with E-state index in [9.17, 15) is 8.42 Å². The third-order valence-electron chi connectivity index (χ3n) is 2.63. The summed E-state index contributed by atoms with van der Waals surface area (Å²) in [5.41, 5.74) is 1.53. The Labute approximate surface area is 117 Å². The van der Waals surface area contributed by atoms with Gasteiger partial charge in [0.25, 0.3) is 0 Å². The highest BCUT2D eigenvalue weighted by Crippen LogP contribution is 2.19. The number of benzene rings is 1. The van der Waals surface area contributed by atoms with E-state index >= 15 is 0 Å². The van der Waals surface area contributed by atoms with Gasteiger partial charge in [-0.25, -0.2) is 13.1 Å². The Morgan fingerprint density at radius 3 is 2.74 bits per heavy atom. The lowest BCUT2D eigenvalue weighted by Gasteiger charge is -2.08. The van der Waals surface area contributed by atoms with Gasteiger partial charge in [-0.3, -0.25) is 4.98 Å². The largest absolute Gasteiger partial charge is 0.264 e. The first-order valence-corrected chi connectivity index (χ1v) is 7.50. The van der Waals surface area contributed by atoms with E-state index in [-0.39, 0.29) is 11.4 Å². The number of aromatic nitrogens is 1. The maximum Gasteiger partial charge on any atom is 0.240 e. The molecule has 6 heteroatoms. The fourth-order valence-electron chi connectivity index (χ4n) is 1.55. The smallest absolute Gasteiger partial charge is 0.240 e. The van der Waals surface area contributed by atoms with Crippen LogP contribution in [0.15, 0.2) is 47.6 Å². The lowest BCUT2D eigenvalue weighted by Crippen LogP contribution is -2.23. The first kappa shape index (κ1) is 14.0. The zero-order valence-corrected chi connectivity index (χ0v) is 11.9. The van der Waals surface area contributed by atoms with Crippen molar-refractivity contribution >= 4 is 21.6 Å². The van der Waals surface area contributed by atoms with Gasteiger partial charge in [0.2, 0.25) is 10.0 Å². The van der Waals surface area contributed by atoms with Crippen molar-refractivity contribution in [3.8, 4) is 0 Å². The first-order valence-electron chi connectivity index (χ1n) is 5.64. The molecular weight excluding hydrogens is 284 g/mol. The highest BCUT2D eigenvalue weighted by Gasteiger charge is 2.14. The van der Waals surface area contributed by atoms with E-state index in [0.29, 0.717) is 5.02 Å². The van der Waals surface area contributed by atoms with E-state index in [1.165, 1.54) is 6.07 Å². The van der Waals surface area contributed by atoms with Crippen LogP contribution in [0.3, 0.4) is 0 Å². The molecule has 0 atom stereocenters. The molecule has 0 saturated carbocycles. The lowest BCUT2D eigenvalue weighted by atomic mass is 10.2. The Bertz CT molecular complexity index is 672. The molecule has 4 nitrogen and oxygen atoms in total. The van der Waals surface area contributed by atoms with Crippen LogP contribution in [0.5, 0.6) is 0 Å². The molecule has 0 aliphatic heterocycles. The maximum absolute atomic E-state index is 12.1. The Morgan fingerprint density at radius 1 is 1.32 bits per heavy atom. The van der Waals surface area contributed by atoms with Crippen LogP contribution in [0.4, 0.5) is 0 Å². The predicted octanol–water partition coefficient (Wildman–Crippen LogP) is 2.52. The highest BCUT2D eigenvalue weighted by molar-refractivity contribution is 7.89. The number of pyridine rings is 1. The van der Waals surface area contributed by atoms with Crippen molar-refractivity contribution in [2.75, 3.05) is 0 Å². The first-order chi connectivity index (χ1) is 8.99. The monoisotopic (exact) mass is 296 g/mol. The van der Waals surface area contributed by atoms with Crippen LogP contribution in [-0.2, 0) is 16.6 Å². The molecule has 0 spiro atoms. The van der Waals surface area contributed by atoms with E-state index in [2.05, 4.69) is 9.71 Å². The summed E-state index contributed by atoms with van der Waals surface area (Å²) < 4.78 is 26.7. The summed E-state index contributed by atoms with van der Waals surface area (Å²) in [6.45, 7) is 1.97. The molecule has 1 aromatic heterocycles. The fourth-order valence-corrected chi connectivity index (χ4v) is 2.77. The van der Waals surface area contributed by atoms with Crippen LogP contribution >= 0.6 is 11.6 Å². The number of nitrogens with zero attached hydrogens (tertiary/aromatic N) is 1. The average molecular weight is 297 g/mol. The molecule has 19 heavy (non-hydrogen) atoms. The van der Waals surface area contributed by atoms with E-state index in [1.54, 1.807) is 37.5 Å². The van der Waals surface area contributed by atoms with Crippen LogP contribution in [0, 0.1) is 6.92 Å². The van der Waals surface area contributed by atoms with Gasteiger partial charge < -0.3 is 0 Å². The molecule has 0 radical (unpaired) electrons. The standard InChI is InChI=1S/C13H13ClN2O2S/c1-10-7-12(4-5-13(10)14)19(17,18)16-9-11-3-2-6-15-8-11/h2-8,16H,9H2,1H3. The van der Waals surface area contributed by atoms with Gasteiger partial charge in [-0.1, -0.05) is 17.7 Å². The molecule has 0 amide bonds. The minimum absolute atomic E-state index is 0.206. The SMILES string of the molecule is Cc1cc(S(=O)(=O)NCc2cccnc2)ccc1Cl. The average Bonchev–Trinajstić information content (AvgIpc) is 2.41. The van der Waals surface area contributed by atoms with Gasteiger partial charge in [-0.15, -0.1) is 0 Å². The number of hydrogen-bond donors (Lipinski definition) is 1. The third-order valence-corrected chi connectivity index (χ3v) is 4.45. The van der Waals surface area contributed by atoms with Crippen molar-refractivity contribution in [1.82, 2.24) is 9.71 Å². The molecule has 0 aliphatic carbocycles. The summed E-state index contributed by atoms with van der Waals surface area (Å²) in [4.78, 5) is 4.14. The second-order valence-corrected chi connectivity index (χ2v) is 6.27. The summed E-state index contributed by atoms with van der Waals surface area (Å²) in [6.07, 6.45) is 3.26. The summed E-state index contributed by atoms with van der Waals surface area (Å²) in [5, 5.41) is 0.547.